The van der Waals surface area contributed by atoms with Crippen molar-refractivity contribution in [1.82, 2.24) is 4.90 Å². The van der Waals surface area contributed by atoms with Crippen LogP contribution in [0.3, 0.4) is 0 Å². The van der Waals surface area contributed by atoms with Crippen LogP contribution in [-0.4, -0.2) is 43.5 Å². The predicted octanol–water partition coefficient (Wildman–Crippen LogP) is 2.37. The Balaban J connectivity index is 2.04. The minimum absolute atomic E-state index is 0.0386. The molecule has 0 aliphatic carbocycles. The van der Waals surface area contributed by atoms with Gasteiger partial charge in [-0.1, -0.05) is 0 Å². The smallest absolute Gasteiger partial charge is 0.167 e. The van der Waals surface area contributed by atoms with E-state index in [0.29, 0.717) is 38.2 Å². The summed E-state index contributed by atoms with van der Waals surface area (Å²) in [4.78, 5) is 14.8. The number of hydrogen-bond acceptors (Lipinski definition) is 3. The third-order valence-electron chi connectivity index (χ3n) is 3.72. The van der Waals surface area contributed by atoms with Crippen LogP contribution in [0.5, 0.6) is 0 Å². The van der Waals surface area contributed by atoms with Crippen molar-refractivity contribution in [3.05, 3.63) is 35.6 Å². The van der Waals surface area contributed by atoms with E-state index in [9.17, 15) is 9.18 Å². The molecule has 0 radical (unpaired) electrons. The fourth-order valence-electron chi connectivity index (χ4n) is 2.51. The molecule has 1 aromatic carbocycles. The molecule has 1 heterocycles. The summed E-state index contributed by atoms with van der Waals surface area (Å²) >= 11 is 0. The number of carbonyl (C=O) groups is 1. The van der Waals surface area contributed by atoms with Crippen LogP contribution in [0.15, 0.2) is 24.3 Å². The molecule has 1 aliphatic rings. The highest BCUT2D eigenvalue weighted by Crippen LogP contribution is 2.17. The molecule has 0 spiro atoms. The Bertz CT molecular complexity index is 501. The maximum Gasteiger partial charge on any atom is 0.167 e. The molecular formula is C17H20FNO2. The lowest BCUT2D eigenvalue weighted by atomic mass is 9.92. The zero-order valence-corrected chi connectivity index (χ0v) is 12.1. The largest absolute Gasteiger partial charge is 0.379 e. The van der Waals surface area contributed by atoms with Crippen molar-refractivity contribution in [2.24, 2.45) is 5.92 Å². The van der Waals surface area contributed by atoms with Gasteiger partial charge < -0.3 is 4.74 Å². The Morgan fingerprint density at radius 3 is 2.62 bits per heavy atom. The van der Waals surface area contributed by atoms with Gasteiger partial charge in [0.05, 0.1) is 13.2 Å². The van der Waals surface area contributed by atoms with Gasteiger partial charge in [0, 0.05) is 37.5 Å². The minimum Gasteiger partial charge on any atom is -0.379 e. The van der Waals surface area contributed by atoms with Crippen molar-refractivity contribution in [1.29, 1.82) is 0 Å². The first-order chi connectivity index (χ1) is 10.2. The van der Waals surface area contributed by atoms with Gasteiger partial charge in [-0.3, -0.25) is 9.69 Å². The number of nitrogens with zero attached hydrogens (tertiary/aromatic N) is 1. The van der Waals surface area contributed by atoms with Gasteiger partial charge in [-0.25, -0.2) is 4.39 Å². The normalized spacial score (nSPS) is 17.1. The number of ether oxygens (including phenoxy) is 1. The third kappa shape index (κ3) is 4.66. The summed E-state index contributed by atoms with van der Waals surface area (Å²) in [6.07, 6.45) is 6.55. The van der Waals surface area contributed by atoms with Crippen molar-refractivity contribution in [2.75, 3.05) is 32.8 Å². The Kier molecular flexibility index (Phi) is 5.91. The second-order valence-electron chi connectivity index (χ2n) is 5.22. The molecule has 3 nitrogen and oxygen atoms in total. The first kappa shape index (κ1) is 15.7. The van der Waals surface area contributed by atoms with Crippen LogP contribution in [0.4, 0.5) is 4.39 Å². The van der Waals surface area contributed by atoms with Gasteiger partial charge in [0.2, 0.25) is 0 Å². The van der Waals surface area contributed by atoms with Gasteiger partial charge in [0.15, 0.2) is 5.78 Å². The average molecular weight is 289 g/mol. The molecule has 4 heteroatoms. The van der Waals surface area contributed by atoms with Crippen LogP contribution in [0.25, 0.3) is 0 Å². The molecule has 0 saturated carbocycles. The zero-order valence-electron chi connectivity index (χ0n) is 12.1. The van der Waals surface area contributed by atoms with Crippen molar-refractivity contribution >= 4 is 5.78 Å². The predicted molar refractivity (Wildman–Crippen MR) is 79.5 cm³/mol. The van der Waals surface area contributed by atoms with E-state index >= 15 is 0 Å². The summed E-state index contributed by atoms with van der Waals surface area (Å²) in [5, 5.41) is 0. The fourth-order valence-corrected chi connectivity index (χ4v) is 2.51. The fraction of sp³-hybridized carbons (Fsp3) is 0.471. The van der Waals surface area contributed by atoms with E-state index in [4.69, 9.17) is 11.2 Å². The first-order valence-corrected chi connectivity index (χ1v) is 7.24. The molecule has 0 bridgehead atoms. The molecule has 0 N–H and O–H groups in total. The molecule has 0 aromatic heterocycles. The summed E-state index contributed by atoms with van der Waals surface area (Å²) in [5.74, 6) is 2.15. The Morgan fingerprint density at radius 2 is 2.00 bits per heavy atom. The summed E-state index contributed by atoms with van der Waals surface area (Å²) in [6, 6.07) is 5.72. The number of ketones is 1. The van der Waals surface area contributed by atoms with E-state index in [2.05, 4.69) is 10.8 Å². The molecule has 0 amide bonds. The lowest BCUT2D eigenvalue weighted by Crippen LogP contribution is -2.41. The van der Waals surface area contributed by atoms with Crippen molar-refractivity contribution in [3.8, 4) is 12.3 Å². The van der Waals surface area contributed by atoms with Crippen molar-refractivity contribution < 1.29 is 13.9 Å². The molecule has 21 heavy (non-hydrogen) atoms. The molecule has 1 unspecified atom stereocenters. The maximum atomic E-state index is 13.0. The number of morpholine rings is 1. The Labute approximate surface area is 125 Å². The van der Waals surface area contributed by atoms with Gasteiger partial charge in [-0.2, -0.15) is 0 Å². The van der Waals surface area contributed by atoms with E-state index in [-0.39, 0.29) is 17.5 Å². The molecule has 1 aromatic rings. The highest BCUT2D eigenvalue weighted by Gasteiger charge is 2.23. The van der Waals surface area contributed by atoms with Crippen LogP contribution < -0.4 is 0 Å². The zero-order chi connectivity index (χ0) is 15.1. The van der Waals surface area contributed by atoms with Crippen LogP contribution in [0.1, 0.15) is 23.2 Å². The topological polar surface area (TPSA) is 29.5 Å². The summed E-state index contributed by atoms with van der Waals surface area (Å²) in [6.45, 7) is 3.76. The molecule has 1 fully saturated rings. The first-order valence-electron chi connectivity index (χ1n) is 7.24. The third-order valence-corrected chi connectivity index (χ3v) is 3.72. The van der Waals surface area contributed by atoms with Crippen LogP contribution in [0.2, 0.25) is 0 Å². The van der Waals surface area contributed by atoms with E-state index in [1.165, 1.54) is 12.1 Å². The molecule has 1 aliphatic heterocycles. The molecule has 1 saturated heterocycles. The van der Waals surface area contributed by atoms with Crippen molar-refractivity contribution in [2.45, 2.75) is 12.8 Å². The number of benzene rings is 1. The maximum absolute atomic E-state index is 13.0. The van der Waals surface area contributed by atoms with Crippen LogP contribution in [-0.2, 0) is 4.74 Å². The van der Waals surface area contributed by atoms with Gasteiger partial charge in [-0.15, -0.1) is 12.3 Å². The lowest BCUT2D eigenvalue weighted by Gasteiger charge is -2.29. The summed E-state index contributed by atoms with van der Waals surface area (Å²) in [5.41, 5.74) is 0.548. The number of rotatable bonds is 6. The second kappa shape index (κ2) is 7.92. The summed E-state index contributed by atoms with van der Waals surface area (Å²) in [7, 11) is 0. The summed E-state index contributed by atoms with van der Waals surface area (Å²) < 4.78 is 18.3. The monoisotopic (exact) mass is 289 g/mol. The number of halogens is 1. The minimum atomic E-state index is -0.333. The van der Waals surface area contributed by atoms with E-state index in [1.54, 1.807) is 12.1 Å². The van der Waals surface area contributed by atoms with Gasteiger partial charge in [-0.05, 0) is 30.7 Å². The van der Waals surface area contributed by atoms with E-state index in [1.807, 2.05) is 0 Å². The Hall–Kier alpha value is -1.70. The van der Waals surface area contributed by atoms with Crippen LogP contribution in [0, 0.1) is 24.1 Å². The quantitative estimate of drug-likeness (QED) is 0.595. The van der Waals surface area contributed by atoms with Gasteiger partial charge in [0.25, 0.3) is 0 Å². The number of hydrogen-bond donors (Lipinski definition) is 0. The lowest BCUT2D eigenvalue weighted by molar-refractivity contribution is 0.0296. The standard InChI is InChI=1S/C17H20FNO2/c1-2-3-4-15(13-19-9-11-21-12-10-19)17(20)14-5-7-16(18)8-6-14/h1,5-8,15H,3-4,9-13H2. The number of Topliss-reactive ketones (excluding diaryl/α,β-unsaturated/α-hetero) is 1. The second-order valence-corrected chi connectivity index (χ2v) is 5.22. The number of terminal acetylenes is 1. The van der Waals surface area contributed by atoms with Crippen LogP contribution >= 0.6 is 0 Å². The van der Waals surface area contributed by atoms with Gasteiger partial charge in [0.1, 0.15) is 5.82 Å². The Morgan fingerprint density at radius 1 is 1.33 bits per heavy atom. The van der Waals surface area contributed by atoms with Crippen molar-refractivity contribution in [3.63, 3.8) is 0 Å². The van der Waals surface area contributed by atoms with Gasteiger partial charge >= 0.3 is 0 Å². The number of carbonyl (C=O) groups excluding carboxylic acids is 1. The molecular weight excluding hydrogens is 269 g/mol. The van der Waals surface area contributed by atoms with E-state index < -0.39 is 0 Å². The average Bonchev–Trinajstić information content (AvgIpc) is 2.52. The highest BCUT2D eigenvalue weighted by atomic mass is 19.1. The molecule has 1 atom stereocenters. The highest BCUT2D eigenvalue weighted by molar-refractivity contribution is 5.98. The SMILES string of the molecule is C#CCCC(CN1CCOCC1)C(=O)c1ccc(F)cc1. The van der Waals surface area contributed by atoms with E-state index in [0.717, 1.165) is 13.1 Å². The molecule has 112 valence electrons. The molecule has 2 rings (SSSR count).